The number of rotatable bonds is 3. The third-order valence-corrected chi connectivity index (χ3v) is 3.47. The molecule has 7 heteroatoms. The van der Waals surface area contributed by atoms with Crippen molar-refractivity contribution in [2.24, 2.45) is 7.05 Å². The zero-order valence-electron chi connectivity index (χ0n) is 10.2. The molecular formula is C11H12N4O2S. The number of nitrogens with zero attached hydrogens (tertiary/aromatic N) is 4. The molecule has 1 N–H and O–H groups in total. The Morgan fingerprint density at radius 2 is 2.17 bits per heavy atom. The average Bonchev–Trinajstić information content (AvgIpc) is 2.62. The van der Waals surface area contributed by atoms with Crippen molar-refractivity contribution >= 4 is 17.7 Å². The molecule has 6 nitrogen and oxygen atoms in total. The SMILES string of the molecule is Cc1cc(Sc2nncn2C)c(C(=O)O)c(C)n1. The predicted molar refractivity (Wildman–Crippen MR) is 65.8 cm³/mol. The van der Waals surface area contributed by atoms with Gasteiger partial charge in [-0.1, -0.05) is 0 Å². The van der Waals surface area contributed by atoms with Crippen molar-refractivity contribution in [3.8, 4) is 0 Å². The first-order valence-electron chi connectivity index (χ1n) is 5.22. The van der Waals surface area contributed by atoms with Crippen molar-refractivity contribution in [3.63, 3.8) is 0 Å². The van der Waals surface area contributed by atoms with Crippen LogP contribution in [0, 0.1) is 13.8 Å². The molecule has 0 fully saturated rings. The molecule has 0 aliphatic heterocycles. The molecule has 0 radical (unpaired) electrons. The molecule has 0 aromatic carbocycles. The highest BCUT2D eigenvalue weighted by atomic mass is 32.2. The van der Waals surface area contributed by atoms with E-state index in [1.54, 1.807) is 23.9 Å². The van der Waals surface area contributed by atoms with Gasteiger partial charge in [0.1, 0.15) is 6.33 Å². The number of carboxylic acid groups (broad SMARTS) is 1. The Morgan fingerprint density at radius 1 is 1.44 bits per heavy atom. The maximum absolute atomic E-state index is 11.3. The van der Waals surface area contributed by atoms with E-state index in [1.165, 1.54) is 11.8 Å². The normalized spacial score (nSPS) is 10.6. The van der Waals surface area contributed by atoms with Gasteiger partial charge in [-0.25, -0.2) is 4.79 Å². The van der Waals surface area contributed by atoms with Crippen LogP contribution in [0.15, 0.2) is 22.4 Å². The molecule has 18 heavy (non-hydrogen) atoms. The van der Waals surface area contributed by atoms with Gasteiger partial charge < -0.3 is 9.67 Å². The minimum absolute atomic E-state index is 0.216. The summed E-state index contributed by atoms with van der Waals surface area (Å²) in [5, 5.41) is 17.6. The van der Waals surface area contributed by atoms with E-state index in [0.29, 0.717) is 15.7 Å². The van der Waals surface area contributed by atoms with Crippen LogP contribution in [0.25, 0.3) is 0 Å². The van der Waals surface area contributed by atoms with Gasteiger partial charge in [-0.2, -0.15) is 0 Å². The lowest BCUT2D eigenvalue weighted by Crippen LogP contribution is -2.05. The van der Waals surface area contributed by atoms with Crippen molar-refractivity contribution in [3.05, 3.63) is 29.3 Å². The topological polar surface area (TPSA) is 80.9 Å². The van der Waals surface area contributed by atoms with E-state index >= 15 is 0 Å². The van der Waals surface area contributed by atoms with Gasteiger partial charge >= 0.3 is 5.97 Å². The Labute approximate surface area is 108 Å². The summed E-state index contributed by atoms with van der Waals surface area (Å²) in [6, 6.07) is 1.75. The Hall–Kier alpha value is -1.89. The summed E-state index contributed by atoms with van der Waals surface area (Å²) < 4.78 is 1.74. The standard InChI is InChI=1S/C11H12N4O2S/c1-6-4-8(9(10(16)17)7(2)13-6)18-11-14-12-5-15(11)3/h4-5H,1-3H3,(H,16,17). The van der Waals surface area contributed by atoms with E-state index < -0.39 is 5.97 Å². The fraction of sp³-hybridized carbons (Fsp3) is 0.273. The second-order valence-corrected chi connectivity index (χ2v) is 4.86. The molecule has 2 aromatic heterocycles. The molecule has 94 valence electrons. The lowest BCUT2D eigenvalue weighted by Gasteiger charge is -2.08. The lowest BCUT2D eigenvalue weighted by molar-refractivity contribution is 0.0691. The number of carboxylic acids is 1. The minimum atomic E-state index is -0.982. The van der Waals surface area contributed by atoms with Crippen LogP contribution in [-0.4, -0.2) is 30.8 Å². The van der Waals surface area contributed by atoms with Crippen LogP contribution in [-0.2, 0) is 7.05 Å². The van der Waals surface area contributed by atoms with E-state index in [-0.39, 0.29) is 5.56 Å². The van der Waals surface area contributed by atoms with Gasteiger partial charge in [-0.3, -0.25) is 4.98 Å². The first-order chi connectivity index (χ1) is 8.49. The molecule has 2 rings (SSSR count). The molecule has 0 aliphatic rings. The fourth-order valence-electron chi connectivity index (χ4n) is 1.60. The Morgan fingerprint density at radius 3 is 2.72 bits per heavy atom. The van der Waals surface area contributed by atoms with E-state index in [4.69, 9.17) is 0 Å². The molecule has 0 unspecified atom stereocenters. The minimum Gasteiger partial charge on any atom is -0.478 e. The number of hydrogen-bond donors (Lipinski definition) is 1. The first kappa shape index (κ1) is 12.6. The van der Waals surface area contributed by atoms with Crippen LogP contribution >= 0.6 is 11.8 Å². The smallest absolute Gasteiger partial charge is 0.338 e. The summed E-state index contributed by atoms with van der Waals surface area (Å²) >= 11 is 1.27. The van der Waals surface area contributed by atoms with E-state index in [1.807, 2.05) is 14.0 Å². The molecule has 2 heterocycles. The number of pyridine rings is 1. The highest BCUT2D eigenvalue weighted by Gasteiger charge is 2.17. The molecule has 0 atom stereocenters. The maximum Gasteiger partial charge on any atom is 0.338 e. The largest absolute Gasteiger partial charge is 0.478 e. The Bertz CT molecular complexity index is 609. The zero-order chi connectivity index (χ0) is 13.3. The number of hydrogen-bond acceptors (Lipinski definition) is 5. The number of aromatic nitrogens is 4. The highest BCUT2D eigenvalue weighted by molar-refractivity contribution is 7.99. The van der Waals surface area contributed by atoms with Crippen molar-refractivity contribution < 1.29 is 9.90 Å². The monoisotopic (exact) mass is 264 g/mol. The van der Waals surface area contributed by atoms with Crippen molar-refractivity contribution in [1.82, 2.24) is 19.7 Å². The quantitative estimate of drug-likeness (QED) is 0.908. The van der Waals surface area contributed by atoms with Crippen LogP contribution in [0.4, 0.5) is 0 Å². The van der Waals surface area contributed by atoms with Gasteiger partial charge in [0.25, 0.3) is 0 Å². The third kappa shape index (κ3) is 2.35. The van der Waals surface area contributed by atoms with Crippen molar-refractivity contribution in [1.29, 1.82) is 0 Å². The zero-order valence-corrected chi connectivity index (χ0v) is 11.0. The second-order valence-electron chi connectivity index (χ2n) is 3.85. The molecule has 0 saturated carbocycles. The third-order valence-electron chi connectivity index (χ3n) is 2.38. The fourth-order valence-corrected chi connectivity index (χ4v) is 2.64. The van der Waals surface area contributed by atoms with E-state index in [2.05, 4.69) is 15.2 Å². The van der Waals surface area contributed by atoms with Crippen LogP contribution < -0.4 is 0 Å². The molecule has 0 spiro atoms. The Kier molecular flexibility index (Phi) is 3.33. The highest BCUT2D eigenvalue weighted by Crippen LogP contribution is 2.30. The molecule has 0 saturated heterocycles. The van der Waals surface area contributed by atoms with Crippen molar-refractivity contribution in [2.75, 3.05) is 0 Å². The average molecular weight is 264 g/mol. The van der Waals surface area contributed by atoms with Crippen molar-refractivity contribution in [2.45, 2.75) is 23.9 Å². The molecule has 0 bridgehead atoms. The van der Waals surface area contributed by atoms with Gasteiger partial charge in [0.15, 0.2) is 5.16 Å². The van der Waals surface area contributed by atoms with Gasteiger partial charge in [0.05, 0.1) is 11.3 Å². The molecular weight excluding hydrogens is 252 g/mol. The van der Waals surface area contributed by atoms with E-state index in [0.717, 1.165) is 5.69 Å². The number of aromatic carboxylic acids is 1. The summed E-state index contributed by atoms with van der Waals surface area (Å²) in [6.45, 7) is 3.52. The first-order valence-corrected chi connectivity index (χ1v) is 6.04. The predicted octanol–water partition coefficient (Wildman–Crippen LogP) is 1.68. The van der Waals surface area contributed by atoms with E-state index in [9.17, 15) is 9.90 Å². The second kappa shape index (κ2) is 4.77. The summed E-state index contributed by atoms with van der Waals surface area (Å²) in [6.07, 6.45) is 1.57. The Balaban J connectivity index is 2.49. The summed E-state index contributed by atoms with van der Waals surface area (Å²) in [4.78, 5) is 16.1. The van der Waals surface area contributed by atoms with Crippen LogP contribution in [0.5, 0.6) is 0 Å². The molecule has 0 aliphatic carbocycles. The van der Waals surface area contributed by atoms with Gasteiger partial charge in [0, 0.05) is 17.6 Å². The number of carbonyl (C=O) groups is 1. The van der Waals surface area contributed by atoms with Gasteiger partial charge in [-0.05, 0) is 31.7 Å². The summed E-state index contributed by atoms with van der Waals surface area (Å²) in [5.41, 5.74) is 1.50. The van der Waals surface area contributed by atoms with Gasteiger partial charge in [-0.15, -0.1) is 10.2 Å². The number of aryl methyl sites for hydroxylation is 3. The van der Waals surface area contributed by atoms with Crippen LogP contribution in [0.2, 0.25) is 0 Å². The van der Waals surface area contributed by atoms with Crippen LogP contribution in [0.1, 0.15) is 21.7 Å². The molecule has 2 aromatic rings. The van der Waals surface area contributed by atoms with Gasteiger partial charge in [0.2, 0.25) is 0 Å². The van der Waals surface area contributed by atoms with Crippen LogP contribution in [0.3, 0.4) is 0 Å². The summed E-state index contributed by atoms with van der Waals surface area (Å²) in [7, 11) is 1.81. The summed E-state index contributed by atoms with van der Waals surface area (Å²) in [5.74, 6) is -0.982. The molecule has 0 amide bonds. The lowest BCUT2D eigenvalue weighted by atomic mass is 10.2. The maximum atomic E-state index is 11.3.